The second-order valence-corrected chi connectivity index (χ2v) is 5.15. The summed E-state index contributed by atoms with van der Waals surface area (Å²) in [7, 11) is 0. The fourth-order valence-corrected chi connectivity index (χ4v) is 2.17. The van der Waals surface area contributed by atoms with Crippen LogP contribution >= 0.6 is 0 Å². The molecule has 0 aromatic heterocycles. The molecule has 0 fully saturated rings. The Bertz CT molecular complexity index is 693. The molecule has 3 nitrogen and oxygen atoms in total. The van der Waals surface area contributed by atoms with E-state index in [-0.39, 0.29) is 12.2 Å². The Balaban J connectivity index is 2.22. The van der Waals surface area contributed by atoms with Gasteiger partial charge in [0.1, 0.15) is 18.2 Å². The van der Waals surface area contributed by atoms with E-state index in [1.165, 1.54) is 12.1 Å². The number of benzene rings is 2. The summed E-state index contributed by atoms with van der Waals surface area (Å²) in [6.45, 7) is 6.06. The highest BCUT2D eigenvalue weighted by Gasteiger charge is 2.09. The van der Waals surface area contributed by atoms with Gasteiger partial charge >= 0.3 is 5.97 Å². The van der Waals surface area contributed by atoms with Crippen LogP contribution in [0.4, 0.5) is 4.39 Å². The number of hydrogen-bond acceptors (Lipinski definition) is 2. The molecule has 0 saturated carbocycles. The van der Waals surface area contributed by atoms with E-state index >= 15 is 0 Å². The van der Waals surface area contributed by atoms with Gasteiger partial charge in [0.2, 0.25) is 0 Å². The first-order valence-electron chi connectivity index (χ1n) is 6.60. The van der Waals surface area contributed by atoms with E-state index in [1.54, 1.807) is 0 Å². The summed E-state index contributed by atoms with van der Waals surface area (Å²) in [5.74, 6) is -1.00. The lowest BCUT2D eigenvalue weighted by atomic mass is 10.1. The molecule has 0 aliphatic rings. The van der Waals surface area contributed by atoms with Crippen LogP contribution in [-0.4, -0.2) is 11.1 Å². The molecular formula is C17H17FO3. The van der Waals surface area contributed by atoms with Gasteiger partial charge in [-0.1, -0.05) is 6.07 Å². The molecule has 2 aromatic rings. The number of carboxylic acids is 1. The summed E-state index contributed by atoms with van der Waals surface area (Å²) in [5, 5.41) is 8.93. The van der Waals surface area contributed by atoms with Crippen LogP contribution in [0.2, 0.25) is 0 Å². The zero-order chi connectivity index (χ0) is 15.6. The van der Waals surface area contributed by atoms with E-state index in [1.807, 2.05) is 26.8 Å². The molecule has 0 atom stereocenters. The first-order chi connectivity index (χ1) is 9.86. The largest absolute Gasteiger partial charge is 0.489 e. The van der Waals surface area contributed by atoms with Crippen LogP contribution < -0.4 is 4.74 Å². The number of aryl methyl sites for hydroxylation is 2. The average molecular weight is 288 g/mol. The minimum atomic E-state index is -1.15. The van der Waals surface area contributed by atoms with Crippen LogP contribution in [0, 0.1) is 26.6 Å². The van der Waals surface area contributed by atoms with Gasteiger partial charge in [-0.2, -0.15) is 0 Å². The fourth-order valence-electron chi connectivity index (χ4n) is 2.17. The van der Waals surface area contributed by atoms with Crippen molar-refractivity contribution in [3.05, 3.63) is 64.0 Å². The summed E-state index contributed by atoms with van der Waals surface area (Å²) in [6.07, 6.45) is 0. The van der Waals surface area contributed by atoms with E-state index in [0.29, 0.717) is 5.56 Å². The highest BCUT2D eigenvalue weighted by Crippen LogP contribution is 2.24. The maximum Gasteiger partial charge on any atom is 0.335 e. The predicted molar refractivity (Wildman–Crippen MR) is 78.3 cm³/mol. The number of hydrogen-bond donors (Lipinski definition) is 1. The van der Waals surface area contributed by atoms with Gasteiger partial charge in [-0.25, -0.2) is 9.18 Å². The van der Waals surface area contributed by atoms with Crippen molar-refractivity contribution in [1.82, 2.24) is 0 Å². The maximum absolute atomic E-state index is 13.4. The molecule has 2 aromatic carbocycles. The Morgan fingerprint density at radius 3 is 2.52 bits per heavy atom. The number of rotatable bonds is 4. The molecule has 0 saturated heterocycles. The van der Waals surface area contributed by atoms with Gasteiger partial charge in [0.05, 0.1) is 5.56 Å². The number of ether oxygens (including phenoxy) is 1. The molecule has 0 amide bonds. The van der Waals surface area contributed by atoms with E-state index < -0.39 is 11.8 Å². The summed E-state index contributed by atoms with van der Waals surface area (Å²) < 4.78 is 19.1. The lowest BCUT2D eigenvalue weighted by Gasteiger charge is -2.13. The van der Waals surface area contributed by atoms with Gasteiger partial charge in [0, 0.05) is 0 Å². The van der Waals surface area contributed by atoms with E-state index in [2.05, 4.69) is 6.07 Å². The molecular weight excluding hydrogens is 271 g/mol. The lowest BCUT2D eigenvalue weighted by molar-refractivity contribution is 0.0696. The Hall–Kier alpha value is -2.36. The molecule has 2 rings (SSSR count). The Kier molecular flexibility index (Phi) is 4.26. The highest BCUT2D eigenvalue weighted by molar-refractivity contribution is 5.87. The molecule has 0 bridgehead atoms. The first-order valence-corrected chi connectivity index (χ1v) is 6.60. The summed E-state index contributed by atoms with van der Waals surface area (Å²) in [6, 6.07) is 7.67. The third-order valence-electron chi connectivity index (χ3n) is 3.36. The van der Waals surface area contributed by atoms with Crippen molar-refractivity contribution in [2.45, 2.75) is 27.4 Å². The number of halogens is 1. The minimum Gasteiger partial charge on any atom is -0.489 e. The minimum absolute atomic E-state index is 0.0780. The Morgan fingerprint density at radius 2 is 1.86 bits per heavy atom. The van der Waals surface area contributed by atoms with Gasteiger partial charge in [-0.15, -0.1) is 0 Å². The standard InChI is InChI=1S/C17H17FO3/c1-10-4-11(2)12(3)16(5-10)21-9-13-6-14(17(19)20)8-15(18)7-13/h4-8H,9H2,1-3H3,(H,19,20). The third kappa shape index (κ3) is 3.60. The molecule has 4 heteroatoms. The molecule has 1 N–H and O–H groups in total. The SMILES string of the molecule is Cc1cc(C)c(C)c(OCc2cc(F)cc(C(=O)O)c2)c1. The zero-order valence-corrected chi connectivity index (χ0v) is 12.2. The normalized spacial score (nSPS) is 10.5. The van der Waals surface area contributed by atoms with Gasteiger partial charge in [-0.3, -0.25) is 0 Å². The molecule has 110 valence electrons. The molecule has 21 heavy (non-hydrogen) atoms. The highest BCUT2D eigenvalue weighted by atomic mass is 19.1. The third-order valence-corrected chi connectivity index (χ3v) is 3.36. The van der Waals surface area contributed by atoms with Crippen molar-refractivity contribution in [2.75, 3.05) is 0 Å². The van der Waals surface area contributed by atoms with Gasteiger partial charge in [0.25, 0.3) is 0 Å². The Morgan fingerprint density at radius 1 is 1.14 bits per heavy atom. The van der Waals surface area contributed by atoms with E-state index in [9.17, 15) is 9.18 Å². The topological polar surface area (TPSA) is 46.5 Å². The average Bonchev–Trinajstić information content (AvgIpc) is 2.40. The van der Waals surface area contributed by atoms with Crippen molar-refractivity contribution in [3.8, 4) is 5.75 Å². The predicted octanol–water partition coefficient (Wildman–Crippen LogP) is 4.03. The first kappa shape index (κ1) is 15.0. The lowest BCUT2D eigenvalue weighted by Crippen LogP contribution is -2.03. The van der Waals surface area contributed by atoms with Crippen molar-refractivity contribution < 1.29 is 19.0 Å². The molecule has 0 aliphatic heterocycles. The van der Waals surface area contributed by atoms with Gasteiger partial charge in [0.15, 0.2) is 0 Å². The van der Waals surface area contributed by atoms with Gasteiger partial charge < -0.3 is 9.84 Å². The molecule has 0 spiro atoms. The summed E-state index contributed by atoms with van der Waals surface area (Å²) >= 11 is 0. The number of carbonyl (C=O) groups is 1. The molecule has 0 unspecified atom stereocenters. The van der Waals surface area contributed by atoms with E-state index in [4.69, 9.17) is 9.84 Å². The maximum atomic E-state index is 13.4. The van der Waals surface area contributed by atoms with Crippen LogP contribution in [0.25, 0.3) is 0 Å². The smallest absolute Gasteiger partial charge is 0.335 e. The van der Waals surface area contributed by atoms with Crippen molar-refractivity contribution in [3.63, 3.8) is 0 Å². The number of carboxylic acid groups (broad SMARTS) is 1. The second kappa shape index (κ2) is 5.95. The summed E-state index contributed by atoms with van der Waals surface area (Å²) in [5.41, 5.74) is 3.64. The molecule has 0 radical (unpaired) electrons. The van der Waals surface area contributed by atoms with Crippen LogP contribution in [0.1, 0.15) is 32.6 Å². The van der Waals surface area contributed by atoms with Crippen LogP contribution in [-0.2, 0) is 6.61 Å². The Labute approximate surface area is 123 Å². The van der Waals surface area contributed by atoms with Crippen molar-refractivity contribution >= 4 is 5.97 Å². The number of aromatic carboxylic acids is 1. The zero-order valence-electron chi connectivity index (χ0n) is 12.2. The van der Waals surface area contributed by atoms with Crippen molar-refractivity contribution in [2.24, 2.45) is 0 Å². The second-order valence-electron chi connectivity index (χ2n) is 5.15. The van der Waals surface area contributed by atoms with E-state index in [0.717, 1.165) is 28.5 Å². The van der Waals surface area contributed by atoms with Crippen LogP contribution in [0.5, 0.6) is 5.75 Å². The van der Waals surface area contributed by atoms with Gasteiger partial charge in [-0.05, 0) is 67.3 Å². The monoisotopic (exact) mass is 288 g/mol. The van der Waals surface area contributed by atoms with Crippen LogP contribution in [0.15, 0.2) is 30.3 Å². The molecule has 0 heterocycles. The fraction of sp³-hybridized carbons (Fsp3) is 0.235. The quantitative estimate of drug-likeness (QED) is 0.924. The van der Waals surface area contributed by atoms with Crippen molar-refractivity contribution in [1.29, 1.82) is 0 Å². The molecule has 0 aliphatic carbocycles. The summed E-state index contributed by atoms with van der Waals surface area (Å²) in [4.78, 5) is 10.9. The van der Waals surface area contributed by atoms with Crippen LogP contribution in [0.3, 0.4) is 0 Å².